The molecule has 0 unspecified atom stereocenters. The molecule has 0 N–H and O–H groups in total. The Hall–Kier alpha value is -2.89. The van der Waals surface area contributed by atoms with Crippen LogP contribution in [0.5, 0.6) is 0 Å². The molecule has 9 heteroatoms. The Labute approximate surface area is 107 Å². The highest BCUT2D eigenvalue weighted by molar-refractivity contribution is 5.78. The van der Waals surface area contributed by atoms with E-state index >= 15 is 0 Å². The van der Waals surface area contributed by atoms with Crippen LogP contribution in [0.2, 0.25) is 0 Å². The summed E-state index contributed by atoms with van der Waals surface area (Å²) in [6.07, 6.45) is 0.294. The third-order valence-electron chi connectivity index (χ3n) is 1.82. The Balaban J connectivity index is 2.77. The van der Waals surface area contributed by atoms with Gasteiger partial charge in [-0.1, -0.05) is 0 Å². The molecule has 1 heterocycles. The minimum atomic E-state index is -0.790. The quantitative estimate of drug-likeness (QED) is 0.344. The van der Waals surface area contributed by atoms with Gasteiger partial charge in [0.2, 0.25) is 0 Å². The second kappa shape index (κ2) is 6.75. The molecule has 1 amide bonds. The molecule has 0 saturated heterocycles. The van der Waals surface area contributed by atoms with Gasteiger partial charge in [-0.3, -0.25) is 10.1 Å². The van der Waals surface area contributed by atoms with Crippen LogP contribution >= 0.6 is 0 Å². The van der Waals surface area contributed by atoms with Crippen LogP contribution in [-0.4, -0.2) is 35.4 Å². The van der Waals surface area contributed by atoms with Gasteiger partial charge in [0, 0.05) is 0 Å². The molecule has 0 saturated carbocycles. The van der Waals surface area contributed by atoms with Gasteiger partial charge in [0.1, 0.15) is 11.5 Å². The molecule has 0 bridgehead atoms. The number of hydrogen-bond donors (Lipinski definition) is 0. The number of hydrogen-bond acceptors (Lipinski definition) is 7. The molecule has 100 valence electrons. The number of carbonyl (C=O) groups is 1. The molecule has 19 heavy (non-hydrogen) atoms. The molecule has 0 aromatic carbocycles. The summed E-state index contributed by atoms with van der Waals surface area (Å²) in [5, 5.41) is 23.4. The lowest BCUT2D eigenvalue weighted by molar-refractivity contribution is -0.402. The first-order valence-electron chi connectivity index (χ1n) is 5.18. The molecule has 9 nitrogen and oxygen atoms in total. The summed E-state index contributed by atoms with van der Waals surface area (Å²) in [6, 6.07) is 4.21. The minimum absolute atomic E-state index is 0.0824. The molecule has 0 aliphatic carbocycles. The predicted octanol–water partition coefficient (Wildman–Crippen LogP) is 1.50. The van der Waals surface area contributed by atoms with Crippen molar-refractivity contribution in [2.24, 2.45) is 5.10 Å². The van der Waals surface area contributed by atoms with Crippen molar-refractivity contribution in [3.8, 4) is 6.07 Å². The Morgan fingerprint density at radius 3 is 3.00 bits per heavy atom. The van der Waals surface area contributed by atoms with Crippen LogP contribution < -0.4 is 0 Å². The highest BCUT2D eigenvalue weighted by Crippen LogP contribution is 2.14. The van der Waals surface area contributed by atoms with Crippen LogP contribution in [-0.2, 0) is 4.74 Å². The Kier molecular flexibility index (Phi) is 5.04. The monoisotopic (exact) mass is 266 g/mol. The Morgan fingerprint density at radius 1 is 1.74 bits per heavy atom. The van der Waals surface area contributed by atoms with E-state index in [0.717, 1.165) is 17.3 Å². The van der Waals surface area contributed by atoms with Crippen LogP contribution in [0, 0.1) is 21.4 Å². The first-order valence-corrected chi connectivity index (χ1v) is 5.18. The molecule has 0 aliphatic heterocycles. The van der Waals surface area contributed by atoms with Crippen LogP contribution in [0.1, 0.15) is 12.7 Å². The summed E-state index contributed by atoms with van der Waals surface area (Å²) >= 11 is 0. The second-order valence-corrected chi connectivity index (χ2v) is 3.09. The summed E-state index contributed by atoms with van der Waals surface area (Å²) in [6.45, 7) is 1.45. The van der Waals surface area contributed by atoms with Crippen molar-refractivity contribution < 1.29 is 18.9 Å². The highest BCUT2D eigenvalue weighted by Gasteiger charge is 2.14. The number of furan rings is 1. The lowest BCUT2D eigenvalue weighted by Gasteiger charge is -2.11. The van der Waals surface area contributed by atoms with E-state index in [9.17, 15) is 14.9 Å². The summed E-state index contributed by atoms with van der Waals surface area (Å²) in [7, 11) is 0. The van der Waals surface area contributed by atoms with E-state index in [-0.39, 0.29) is 18.9 Å². The first kappa shape index (κ1) is 14.2. The second-order valence-electron chi connectivity index (χ2n) is 3.09. The molecule has 0 spiro atoms. The Bertz CT molecular complexity index is 530. The third-order valence-corrected chi connectivity index (χ3v) is 1.82. The largest absolute Gasteiger partial charge is 0.448 e. The molecular weight excluding hydrogens is 256 g/mol. The van der Waals surface area contributed by atoms with Crippen LogP contribution in [0.25, 0.3) is 0 Å². The third kappa shape index (κ3) is 4.12. The van der Waals surface area contributed by atoms with Crippen molar-refractivity contribution in [3.05, 3.63) is 28.0 Å². The van der Waals surface area contributed by atoms with Gasteiger partial charge in [-0.05, 0) is 13.0 Å². The van der Waals surface area contributed by atoms with Gasteiger partial charge in [-0.15, -0.1) is 0 Å². The maximum Gasteiger partial charge on any atom is 0.433 e. The van der Waals surface area contributed by atoms with Crippen molar-refractivity contribution in [3.63, 3.8) is 0 Å². The molecule has 0 radical (unpaired) electrons. The summed E-state index contributed by atoms with van der Waals surface area (Å²) in [5.74, 6) is -0.358. The van der Waals surface area contributed by atoms with Gasteiger partial charge < -0.3 is 9.15 Å². The number of amides is 1. The zero-order valence-electron chi connectivity index (χ0n) is 9.98. The van der Waals surface area contributed by atoms with Gasteiger partial charge in [0.15, 0.2) is 5.76 Å². The molecule has 1 aromatic heterocycles. The van der Waals surface area contributed by atoms with Gasteiger partial charge in [0.05, 0.1) is 25.0 Å². The average molecular weight is 266 g/mol. The van der Waals surface area contributed by atoms with E-state index in [4.69, 9.17) is 9.68 Å². The van der Waals surface area contributed by atoms with Crippen LogP contribution in [0.3, 0.4) is 0 Å². The fraction of sp³-hybridized carbons (Fsp3) is 0.300. The molecule has 0 aliphatic rings. The number of carbonyl (C=O) groups excluding carboxylic acids is 1. The molecule has 0 atom stereocenters. The number of nitrogens with zero attached hydrogens (tertiary/aromatic N) is 4. The molecular formula is C10H10N4O5. The molecule has 1 rings (SSSR count). The maximum atomic E-state index is 11.4. The number of nitriles is 1. The van der Waals surface area contributed by atoms with E-state index in [1.807, 2.05) is 0 Å². The van der Waals surface area contributed by atoms with Gasteiger partial charge in [0.25, 0.3) is 0 Å². The zero-order valence-corrected chi connectivity index (χ0v) is 9.98. The van der Waals surface area contributed by atoms with E-state index in [2.05, 4.69) is 9.84 Å². The number of hydrazone groups is 1. The van der Waals surface area contributed by atoms with Crippen LogP contribution in [0.4, 0.5) is 10.7 Å². The summed E-state index contributed by atoms with van der Waals surface area (Å²) in [4.78, 5) is 21.1. The number of ether oxygens (including phenoxy) is 1. The number of nitro groups is 1. The smallest absolute Gasteiger partial charge is 0.433 e. The standard InChI is InChI=1S/C10H10N4O5/c1-2-18-10(15)13(6-5-11)12-7-8-3-4-9(19-8)14(16)17/h3-4,7H,2,6H2,1H3/b12-7+. The summed E-state index contributed by atoms with van der Waals surface area (Å²) in [5.41, 5.74) is 0. The van der Waals surface area contributed by atoms with Crippen molar-refractivity contribution in [2.75, 3.05) is 13.2 Å². The maximum absolute atomic E-state index is 11.4. The van der Waals surface area contributed by atoms with Gasteiger partial charge >= 0.3 is 12.0 Å². The van der Waals surface area contributed by atoms with E-state index in [1.165, 1.54) is 6.07 Å². The van der Waals surface area contributed by atoms with Crippen molar-refractivity contribution in [1.82, 2.24) is 5.01 Å². The van der Waals surface area contributed by atoms with Gasteiger partial charge in [-0.25, -0.2) is 4.79 Å². The normalized spacial score (nSPS) is 10.1. The van der Waals surface area contributed by atoms with Gasteiger partial charge in [-0.2, -0.15) is 15.4 Å². The molecule has 1 aromatic rings. The van der Waals surface area contributed by atoms with E-state index < -0.39 is 16.9 Å². The minimum Gasteiger partial charge on any atom is -0.448 e. The number of rotatable bonds is 5. The van der Waals surface area contributed by atoms with Crippen molar-refractivity contribution >= 4 is 18.2 Å². The summed E-state index contributed by atoms with van der Waals surface area (Å²) < 4.78 is 9.47. The predicted molar refractivity (Wildman–Crippen MR) is 62.3 cm³/mol. The fourth-order valence-corrected chi connectivity index (χ4v) is 1.05. The first-order chi connectivity index (χ1) is 9.08. The lowest BCUT2D eigenvalue weighted by Crippen LogP contribution is -2.27. The van der Waals surface area contributed by atoms with Crippen molar-refractivity contribution in [1.29, 1.82) is 5.26 Å². The average Bonchev–Trinajstić information content (AvgIpc) is 2.83. The lowest BCUT2D eigenvalue weighted by atomic mass is 10.5. The van der Waals surface area contributed by atoms with E-state index in [1.54, 1.807) is 13.0 Å². The van der Waals surface area contributed by atoms with Crippen molar-refractivity contribution in [2.45, 2.75) is 6.92 Å². The molecule has 0 fully saturated rings. The topological polar surface area (TPSA) is 122 Å². The van der Waals surface area contributed by atoms with Crippen LogP contribution in [0.15, 0.2) is 21.7 Å². The Morgan fingerprint density at radius 2 is 2.47 bits per heavy atom. The zero-order chi connectivity index (χ0) is 14.3. The van der Waals surface area contributed by atoms with E-state index in [0.29, 0.717) is 0 Å². The fourth-order valence-electron chi connectivity index (χ4n) is 1.05. The highest BCUT2D eigenvalue weighted by atomic mass is 16.6. The SMILES string of the molecule is CCOC(=O)N(CC#N)/N=C/c1ccc([N+](=O)[O-])o1.